The maximum atomic E-state index is 12.2. The molecule has 202 valence electrons. The summed E-state index contributed by atoms with van der Waals surface area (Å²) in [7, 11) is 3.90. The Labute approximate surface area is 232 Å². The van der Waals surface area contributed by atoms with E-state index >= 15 is 0 Å². The average Bonchev–Trinajstić information content (AvgIpc) is 3.38. The summed E-state index contributed by atoms with van der Waals surface area (Å²) in [5, 5.41) is 9.46. The van der Waals surface area contributed by atoms with Crippen LogP contribution in [-0.2, 0) is 4.79 Å². The molecule has 5 rings (SSSR count). The number of benzene rings is 2. The van der Waals surface area contributed by atoms with E-state index in [1.807, 2.05) is 109 Å². The Bertz CT molecular complexity index is 1660. The number of carbonyl (C=O) groups excluding carboxylic acids is 1. The highest BCUT2D eigenvalue weighted by Gasteiger charge is 2.07. The third kappa shape index (κ3) is 7.00. The molecule has 0 aliphatic rings. The molecule has 0 radical (unpaired) electrons. The molecule has 0 fully saturated rings. The number of amides is 1. The van der Waals surface area contributed by atoms with Crippen molar-refractivity contribution in [3.05, 3.63) is 103 Å². The lowest BCUT2D eigenvalue weighted by molar-refractivity contribution is -0.111. The van der Waals surface area contributed by atoms with Gasteiger partial charge in [0.05, 0.1) is 0 Å². The summed E-state index contributed by atoms with van der Waals surface area (Å²) < 4.78 is 8.02. The molecule has 0 unspecified atom stereocenters. The minimum Gasteiger partial charge on any atom is -0.457 e. The third-order valence-electron chi connectivity index (χ3n) is 5.85. The van der Waals surface area contributed by atoms with Crippen LogP contribution in [0.15, 0.2) is 97.7 Å². The Morgan fingerprint density at radius 1 is 0.925 bits per heavy atom. The molecule has 3 heterocycles. The van der Waals surface area contributed by atoms with Crippen molar-refractivity contribution in [2.75, 3.05) is 36.6 Å². The molecule has 0 aliphatic carbocycles. The van der Waals surface area contributed by atoms with E-state index in [9.17, 15) is 4.79 Å². The Morgan fingerprint density at radius 2 is 1.70 bits per heavy atom. The molecule has 3 aromatic heterocycles. The molecule has 0 bridgehead atoms. The van der Waals surface area contributed by atoms with Crippen LogP contribution in [0.2, 0.25) is 0 Å². The zero-order chi connectivity index (χ0) is 27.9. The highest BCUT2D eigenvalue weighted by atomic mass is 16.5. The normalized spacial score (nSPS) is 11.2. The van der Waals surface area contributed by atoms with E-state index in [4.69, 9.17) is 4.74 Å². The third-order valence-corrected chi connectivity index (χ3v) is 5.85. The van der Waals surface area contributed by atoms with E-state index in [0.717, 1.165) is 34.1 Å². The average molecular weight is 535 g/mol. The van der Waals surface area contributed by atoms with Gasteiger partial charge >= 0.3 is 0 Å². The maximum Gasteiger partial charge on any atom is 0.248 e. The van der Waals surface area contributed by atoms with Crippen LogP contribution in [0.3, 0.4) is 0 Å². The first-order chi connectivity index (χ1) is 19.4. The summed E-state index contributed by atoms with van der Waals surface area (Å²) in [6.07, 6.45) is 10.4. The summed E-state index contributed by atoms with van der Waals surface area (Å²) >= 11 is 0. The van der Waals surface area contributed by atoms with Crippen LogP contribution >= 0.6 is 0 Å². The van der Waals surface area contributed by atoms with Gasteiger partial charge in [-0.3, -0.25) is 4.79 Å². The number of hydrogen-bond acceptors (Lipinski definition) is 8. The molecule has 40 heavy (non-hydrogen) atoms. The second-order valence-corrected chi connectivity index (χ2v) is 9.41. The van der Waals surface area contributed by atoms with E-state index in [-0.39, 0.29) is 5.91 Å². The first-order valence-corrected chi connectivity index (χ1v) is 12.7. The van der Waals surface area contributed by atoms with Crippen molar-refractivity contribution in [1.82, 2.24) is 24.3 Å². The van der Waals surface area contributed by atoms with E-state index in [1.54, 1.807) is 6.20 Å². The van der Waals surface area contributed by atoms with Crippen LogP contribution in [0.25, 0.3) is 5.65 Å². The number of nitrogens with one attached hydrogen (secondary N) is 3. The minimum atomic E-state index is -0.182. The van der Waals surface area contributed by atoms with Crippen molar-refractivity contribution in [2.45, 2.75) is 6.92 Å². The number of hydrogen-bond donors (Lipinski definition) is 3. The van der Waals surface area contributed by atoms with E-state index in [1.165, 1.54) is 12.4 Å². The number of fused-ring (bicyclic) bond motifs is 1. The molecule has 0 spiro atoms. The number of aryl methyl sites for hydroxylation is 1. The highest BCUT2D eigenvalue weighted by molar-refractivity contribution is 5.99. The number of imidazole rings is 1. The van der Waals surface area contributed by atoms with Crippen LogP contribution in [0.5, 0.6) is 11.5 Å². The zero-order valence-corrected chi connectivity index (χ0v) is 22.5. The number of anilines is 5. The Kier molecular flexibility index (Phi) is 7.98. The fourth-order valence-electron chi connectivity index (χ4n) is 3.94. The smallest absolute Gasteiger partial charge is 0.248 e. The molecule has 0 aliphatic heterocycles. The first kappa shape index (κ1) is 26.4. The Hall–Kier alpha value is -5.22. The van der Waals surface area contributed by atoms with E-state index in [2.05, 4.69) is 30.9 Å². The van der Waals surface area contributed by atoms with Crippen LogP contribution in [-0.4, -0.2) is 50.8 Å². The van der Waals surface area contributed by atoms with Crippen molar-refractivity contribution in [3.8, 4) is 11.5 Å². The van der Waals surface area contributed by atoms with E-state index < -0.39 is 0 Å². The van der Waals surface area contributed by atoms with Gasteiger partial charge in [-0.1, -0.05) is 12.1 Å². The van der Waals surface area contributed by atoms with Crippen LogP contribution in [0.1, 0.15) is 5.56 Å². The lowest BCUT2D eigenvalue weighted by Gasteiger charge is -2.12. The van der Waals surface area contributed by atoms with Gasteiger partial charge in [0.2, 0.25) is 5.91 Å². The molecule has 5 aromatic rings. The topological polar surface area (TPSA) is 109 Å². The molecular formula is C30H30N8O2. The van der Waals surface area contributed by atoms with Gasteiger partial charge in [-0.15, -0.1) is 0 Å². The van der Waals surface area contributed by atoms with Crippen molar-refractivity contribution in [1.29, 1.82) is 0 Å². The van der Waals surface area contributed by atoms with Crippen LogP contribution in [0, 0.1) is 6.92 Å². The Morgan fingerprint density at radius 3 is 2.48 bits per heavy atom. The number of ether oxygens (including phenoxy) is 1. The molecule has 0 saturated carbocycles. The van der Waals surface area contributed by atoms with Crippen molar-refractivity contribution >= 4 is 40.3 Å². The summed E-state index contributed by atoms with van der Waals surface area (Å²) in [6.45, 7) is 2.69. The number of pyridine rings is 1. The molecule has 0 saturated heterocycles. The molecule has 0 atom stereocenters. The van der Waals surface area contributed by atoms with Crippen LogP contribution in [0.4, 0.5) is 28.7 Å². The minimum absolute atomic E-state index is 0.182. The molecule has 2 aromatic carbocycles. The Balaban J connectivity index is 1.21. The summed E-state index contributed by atoms with van der Waals surface area (Å²) in [6, 6.07) is 18.9. The standard InChI is InChI=1S/C30H30N8O2/c1-21-16-24(9-10-26(21)40-25-11-14-38-15-12-31-29(38)18-25)35-28-19-27(32-20-33-28)34-22-6-4-7-23(17-22)36-30(39)8-5-13-37(2)3/h4-12,14-20H,13H2,1-3H3,(H,36,39)(H2,32,33,34,35)/b8-5+. The molecule has 1 amide bonds. The lowest BCUT2D eigenvalue weighted by atomic mass is 10.2. The molecular weight excluding hydrogens is 504 g/mol. The molecule has 3 N–H and O–H groups in total. The molecule has 10 nitrogen and oxygen atoms in total. The monoisotopic (exact) mass is 534 g/mol. The number of carbonyl (C=O) groups is 1. The van der Waals surface area contributed by atoms with Crippen molar-refractivity contribution in [3.63, 3.8) is 0 Å². The van der Waals surface area contributed by atoms with E-state index in [0.29, 0.717) is 23.9 Å². The highest BCUT2D eigenvalue weighted by Crippen LogP contribution is 2.29. The second kappa shape index (κ2) is 12.1. The van der Waals surface area contributed by atoms with Gasteiger partial charge in [0, 0.05) is 60.4 Å². The largest absolute Gasteiger partial charge is 0.457 e. The van der Waals surface area contributed by atoms with Gasteiger partial charge in [-0.05, 0) is 69.0 Å². The van der Waals surface area contributed by atoms with Gasteiger partial charge < -0.3 is 30.0 Å². The predicted molar refractivity (Wildman–Crippen MR) is 158 cm³/mol. The SMILES string of the molecule is Cc1cc(Nc2cc(Nc3cccc(NC(=O)/C=C/CN(C)C)c3)ncn2)ccc1Oc1ccn2ccnc2c1. The predicted octanol–water partition coefficient (Wildman–Crippen LogP) is 5.77. The number of aromatic nitrogens is 4. The first-order valence-electron chi connectivity index (χ1n) is 12.7. The quantitative estimate of drug-likeness (QED) is 0.194. The van der Waals surface area contributed by atoms with Gasteiger partial charge in [0.25, 0.3) is 0 Å². The lowest BCUT2D eigenvalue weighted by Crippen LogP contribution is -2.12. The van der Waals surface area contributed by atoms with Gasteiger partial charge in [0.1, 0.15) is 35.1 Å². The number of likely N-dealkylation sites (N-methyl/N-ethyl adjacent to an activating group) is 1. The molecule has 10 heteroatoms. The van der Waals surface area contributed by atoms with Gasteiger partial charge in [0.15, 0.2) is 0 Å². The summed E-state index contributed by atoms with van der Waals surface area (Å²) in [5.74, 6) is 2.53. The number of rotatable bonds is 10. The second-order valence-electron chi connectivity index (χ2n) is 9.41. The fraction of sp³-hybridized carbons (Fsp3) is 0.133. The summed E-state index contributed by atoms with van der Waals surface area (Å²) in [4.78, 5) is 27.1. The fourth-order valence-corrected chi connectivity index (χ4v) is 3.94. The van der Waals surface area contributed by atoms with Gasteiger partial charge in [-0.2, -0.15) is 0 Å². The summed E-state index contributed by atoms with van der Waals surface area (Å²) in [5.41, 5.74) is 4.12. The van der Waals surface area contributed by atoms with Gasteiger partial charge in [-0.25, -0.2) is 15.0 Å². The maximum absolute atomic E-state index is 12.2. The van der Waals surface area contributed by atoms with Crippen LogP contribution < -0.4 is 20.7 Å². The van der Waals surface area contributed by atoms with Crippen molar-refractivity contribution < 1.29 is 9.53 Å². The van der Waals surface area contributed by atoms with Crippen molar-refractivity contribution in [2.24, 2.45) is 0 Å². The zero-order valence-electron chi connectivity index (χ0n) is 22.5. The number of nitrogens with zero attached hydrogens (tertiary/aromatic N) is 5.